The third-order valence-electron chi connectivity index (χ3n) is 4.33. The Morgan fingerprint density at radius 3 is 2.45 bits per heavy atom. The summed E-state index contributed by atoms with van der Waals surface area (Å²) in [5, 5.41) is 18.6. The van der Waals surface area contributed by atoms with Gasteiger partial charge in [0.2, 0.25) is 0 Å². The molecule has 0 bridgehead atoms. The van der Waals surface area contributed by atoms with Crippen molar-refractivity contribution in [2.24, 2.45) is 0 Å². The number of likely N-dealkylation sites (tertiary alicyclic amines) is 1. The largest absolute Gasteiger partial charge is 0.496 e. The second kappa shape index (κ2) is 6.61. The molecule has 1 heterocycles. The maximum absolute atomic E-state index is 9.32. The van der Waals surface area contributed by atoms with E-state index in [1.807, 2.05) is 12.1 Å². The molecule has 0 radical (unpaired) electrons. The van der Waals surface area contributed by atoms with Crippen LogP contribution in [-0.2, 0) is 6.54 Å². The average Bonchev–Trinajstić information content (AvgIpc) is 2.42. The van der Waals surface area contributed by atoms with Gasteiger partial charge in [0, 0.05) is 24.2 Å². The molecule has 0 amide bonds. The molecule has 0 spiro atoms. The highest BCUT2D eigenvalue weighted by Crippen LogP contribution is 2.27. The molecule has 2 rings (SSSR count). The first kappa shape index (κ1) is 15.4. The minimum Gasteiger partial charge on any atom is -0.496 e. The van der Waals surface area contributed by atoms with Gasteiger partial charge in [-0.25, -0.2) is 0 Å². The quantitative estimate of drug-likeness (QED) is 0.810. The van der Waals surface area contributed by atoms with Gasteiger partial charge in [0.25, 0.3) is 0 Å². The normalized spacial score (nSPS) is 23.6. The Hall–Kier alpha value is -1.04. The Morgan fingerprint density at radius 1 is 1.25 bits per heavy atom. The minimum absolute atomic E-state index is 0.512. The van der Waals surface area contributed by atoms with E-state index in [0.717, 1.165) is 17.9 Å². The summed E-state index contributed by atoms with van der Waals surface area (Å²) in [4.78, 5) is 2.47. The highest BCUT2D eigenvalue weighted by molar-refractivity contribution is 6.58. The second-order valence-corrected chi connectivity index (χ2v) is 5.75. The van der Waals surface area contributed by atoms with Crippen LogP contribution in [0, 0.1) is 0 Å². The molecule has 4 nitrogen and oxygen atoms in total. The zero-order valence-corrected chi connectivity index (χ0v) is 12.5. The van der Waals surface area contributed by atoms with Crippen molar-refractivity contribution in [2.75, 3.05) is 7.11 Å². The van der Waals surface area contributed by atoms with Crippen molar-refractivity contribution >= 4 is 12.6 Å². The summed E-state index contributed by atoms with van der Waals surface area (Å²) in [5.74, 6) is 0.805. The van der Waals surface area contributed by atoms with Crippen LogP contribution in [0.2, 0.25) is 0 Å². The predicted molar refractivity (Wildman–Crippen MR) is 81.1 cm³/mol. The molecule has 0 aliphatic carbocycles. The molecule has 2 unspecified atom stereocenters. The summed E-state index contributed by atoms with van der Waals surface area (Å²) in [6, 6.07) is 6.43. The van der Waals surface area contributed by atoms with Crippen molar-refractivity contribution in [3.63, 3.8) is 0 Å². The Kier molecular flexibility index (Phi) is 5.08. The lowest BCUT2D eigenvalue weighted by atomic mass is 9.79. The molecule has 1 aromatic rings. The number of rotatable bonds is 4. The fraction of sp³-hybridized carbons (Fsp3) is 0.600. The van der Waals surface area contributed by atoms with Crippen LogP contribution >= 0.6 is 0 Å². The van der Waals surface area contributed by atoms with E-state index in [1.165, 1.54) is 19.3 Å². The second-order valence-electron chi connectivity index (χ2n) is 5.75. The number of hydrogen-bond donors (Lipinski definition) is 2. The Balaban J connectivity index is 2.24. The first-order valence-electron chi connectivity index (χ1n) is 7.31. The number of ether oxygens (including phenoxy) is 1. The zero-order chi connectivity index (χ0) is 14.7. The topological polar surface area (TPSA) is 52.9 Å². The van der Waals surface area contributed by atoms with E-state index in [2.05, 4.69) is 18.7 Å². The van der Waals surface area contributed by atoms with E-state index in [4.69, 9.17) is 4.74 Å². The van der Waals surface area contributed by atoms with Crippen LogP contribution in [0.1, 0.15) is 38.7 Å². The summed E-state index contributed by atoms with van der Waals surface area (Å²) in [5.41, 5.74) is 1.52. The first-order chi connectivity index (χ1) is 9.52. The van der Waals surface area contributed by atoms with Crippen molar-refractivity contribution in [1.82, 2.24) is 4.90 Å². The third-order valence-corrected chi connectivity index (χ3v) is 4.33. The summed E-state index contributed by atoms with van der Waals surface area (Å²) in [6.07, 6.45) is 3.72. The van der Waals surface area contributed by atoms with E-state index < -0.39 is 7.12 Å². The summed E-state index contributed by atoms with van der Waals surface area (Å²) >= 11 is 0. The summed E-state index contributed by atoms with van der Waals surface area (Å²) < 4.78 is 5.40. The Bertz CT molecular complexity index is 443. The highest BCUT2D eigenvalue weighted by atomic mass is 16.5. The molecule has 1 aliphatic rings. The van der Waals surface area contributed by atoms with Gasteiger partial charge in [0.15, 0.2) is 0 Å². The van der Waals surface area contributed by atoms with Gasteiger partial charge >= 0.3 is 7.12 Å². The van der Waals surface area contributed by atoms with Crippen LogP contribution < -0.4 is 10.2 Å². The van der Waals surface area contributed by atoms with Gasteiger partial charge in [-0.05, 0) is 38.2 Å². The fourth-order valence-electron chi connectivity index (χ4n) is 3.07. The van der Waals surface area contributed by atoms with Crippen molar-refractivity contribution in [3.8, 4) is 5.75 Å². The van der Waals surface area contributed by atoms with Crippen LogP contribution in [0.5, 0.6) is 5.75 Å². The molecule has 1 fully saturated rings. The number of benzene rings is 1. The summed E-state index contributed by atoms with van der Waals surface area (Å²) in [6.45, 7) is 5.30. The van der Waals surface area contributed by atoms with Gasteiger partial charge in [-0.15, -0.1) is 0 Å². The Labute approximate surface area is 121 Å². The fourth-order valence-corrected chi connectivity index (χ4v) is 3.07. The predicted octanol–water partition coefficient (Wildman–Crippen LogP) is 1.14. The average molecular weight is 277 g/mol. The Morgan fingerprint density at radius 2 is 1.90 bits per heavy atom. The molecule has 20 heavy (non-hydrogen) atoms. The molecule has 2 N–H and O–H groups in total. The van der Waals surface area contributed by atoms with Crippen molar-refractivity contribution in [2.45, 2.75) is 51.7 Å². The van der Waals surface area contributed by atoms with Crippen LogP contribution in [0.4, 0.5) is 0 Å². The number of piperidine rings is 1. The van der Waals surface area contributed by atoms with Gasteiger partial charge in [-0.2, -0.15) is 0 Å². The van der Waals surface area contributed by atoms with E-state index in [1.54, 1.807) is 13.2 Å². The van der Waals surface area contributed by atoms with Gasteiger partial charge < -0.3 is 14.8 Å². The molecule has 110 valence electrons. The van der Waals surface area contributed by atoms with Gasteiger partial charge in [-0.3, -0.25) is 4.90 Å². The monoisotopic (exact) mass is 277 g/mol. The number of methoxy groups -OCH3 is 1. The molecular formula is C15H24BNO3. The lowest BCUT2D eigenvalue weighted by Gasteiger charge is -2.39. The van der Waals surface area contributed by atoms with E-state index in [0.29, 0.717) is 17.5 Å². The molecule has 1 saturated heterocycles. The smallest absolute Gasteiger partial charge is 0.488 e. The first-order valence-corrected chi connectivity index (χ1v) is 7.31. The van der Waals surface area contributed by atoms with Gasteiger partial charge in [0.1, 0.15) is 5.75 Å². The minimum atomic E-state index is -1.43. The summed E-state index contributed by atoms with van der Waals surface area (Å²) in [7, 11) is 0.215. The molecule has 0 saturated carbocycles. The van der Waals surface area contributed by atoms with Crippen LogP contribution in [-0.4, -0.2) is 41.3 Å². The molecule has 1 aromatic carbocycles. The van der Waals surface area contributed by atoms with Gasteiger partial charge in [0.05, 0.1) is 7.11 Å². The van der Waals surface area contributed by atoms with E-state index in [-0.39, 0.29) is 0 Å². The lowest BCUT2D eigenvalue weighted by Crippen LogP contribution is -2.43. The maximum atomic E-state index is 9.32. The molecular weight excluding hydrogens is 253 g/mol. The van der Waals surface area contributed by atoms with Crippen molar-refractivity contribution in [3.05, 3.63) is 23.8 Å². The van der Waals surface area contributed by atoms with E-state index in [9.17, 15) is 10.0 Å². The molecule has 1 aliphatic heterocycles. The maximum Gasteiger partial charge on any atom is 0.488 e. The lowest BCUT2D eigenvalue weighted by molar-refractivity contribution is 0.0943. The molecule has 5 heteroatoms. The standard InChI is InChI=1S/C15H24BNO3/c1-11-5-4-6-12(2)17(11)10-13-9-14(16(18)19)7-8-15(13)20-3/h7-9,11-12,18-19H,4-6,10H2,1-3H3. The van der Waals surface area contributed by atoms with Crippen LogP contribution in [0.25, 0.3) is 0 Å². The van der Waals surface area contributed by atoms with Crippen molar-refractivity contribution < 1.29 is 14.8 Å². The van der Waals surface area contributed by atoms with Crippen molar-refractivity contribution in [1.29, 1.82) is 0 Å². The van der Waals surface area contributed by atoms with Crippen LogP contribution in [0.3, 0.4) is 0 Å². The van der Waals surface area contributed by atoms with Crippen LogP contribution in [0.15, 0.2) is 18.2 Å². The third kappa shape index (κ3) is 3.34. The van der Waals surface area contributed by atoms with E-state index >= 15 is 0 Å². The molecule has 0 aromatic heterocycles. The zero-order valence-electron chi connectivity index (χ0n) is 12.5. The SMILES string of the molecule is COc1ccc(B(O)O)cc1CN1C(C)CCCC1C. The molecule has 2 atom stereocenters. The number of nitrogens with zero attached hydrogens (tertiary/aromatic N) is 1. The van der Waals surface area contributed by atoms with Gasteiger partial charge in [-0.1, -0.05) is 18.6 Å². The number of hydrogen-bond acceptors (Lipinski definition) is 4. The highest BCUT2D eigenvalue weighted by Gasteiger charge is 2.26.